The highest BCUT2D eigenvalue weighted by molar-refractivity contribution is 5.24. The van der Waals surface area contributed by atoms with Crippen LogP contribution in [0.25, 0.3) is 0 Å². The molecule has 9 heteroatoms. The first-order valence-electron chi connectivity index (χ1n) is 11.2. The lowest BCUT2D eigenvalue weighted by molar-refractivity contribution is -0.137. The van der Waals surface area contributed by atoms with Crippen molar-refractivity contribution in [2.24, 2.45) is 11.8 Å². The Kier molecular flexibility index (Phi) is 5.82. The zero-order valence-corrected chi connectivity index (χ0v) is 18.3. The minimum atomic E-state index is -4.31. The van der Waals surface area contributed by atoms with E-state index in [1.165, 1.54) is 12.1 Å². The molecule has 3 aromatic rings. The number of nitrogens with zero attached hydrogens (tertiary/aromatic N) is 5. The number of benzene rings is 1. The summed E-state index contributed by atoms with van der Waals surface area (Å²) in [5, 5.41) is 0. The van der Waals surface area contributed by atoms with E-state index in [9.17, 15) is 13.2 Å². The molecule has 174 valence electrons. The fourth-order valence-corrected chi connectivity index (χ4v) is 5.33. The van der Waals surface area contributed by atoms with Gasteiger partial charge < -0.3 is 9.30 Å². The number of fused-ring (bicyclic) bond motifs is 1. The molecule has 6 nitrogen and oxygen atoms in total. The fraction of sp³-hybridized carbons (Fsp3) is 0.458. The molecule has 5 rings (SSSR count). The van der Waals surface area contributed by atoms with Crippen LogP contribution in [0.4, 0.5) is 13.2 Å². The van der Waals surface area contributed by atoms with Gasteiger partial charge in [-0.15, -0.1) is 0 Å². The number of rotatable bonds is 5. The quantitative estimate of drug-likeness (QED) is 0.564. The summed E-state index contributed by atoms with van der Waals surface area (Å²) in [6.45, 7) is 4.47. The number of likely N-dealkylation sites (tertiary alicyclic amines) is 1. The van der Waals surface area contributed by atoms with Crippen molar-refractivity contribution in [3.8, 4) is 5.88 Å². The average Bonchev–Trinajstić information content (AvgIpc) is 3.38. The molecule has 2 aromatic heterocycles. The number of hydrogen-bond acceptors (Lipinski definition) is 5. The third-order valence-electron chi connectivity index (χ3n) is 6.88. The van der Waals surface area contributed by atoms with E-state index in [2.05, 4.69) is 24.4 Å². The highest BCUT2D eigenvalue weighted by atomic mass is 19.4. The van der Waals surface area contributed by atoms with Crippen LogP contribution in [0.3, 0.4) is 0 Å². The first-order chi connectivity index (χ1) is 15.9. The molecule has 2 fully saturated rings. The molecule has 33 heavy (non-hydrogen) atoms. The van der Waals surface area contributed by atoms with Gasteiger partial charge in [-0.2, -0.15) is 13.2 Å². The molecule has 1 saturated carbocycles. The lowest BCUT2D eigenvalue weighted by Crippen LogP contribution is -2.40. The Balaban J connectivity index is 1.30. The SMILES string of the molecule is Cc1nccn1[C@H]1C[C@H]2CN(Cc3ccc(C(F)(F)F)cc3)C[C@H]2C[C@@H]1Oc1cnccn1. The summed E-state index contributed by atoms with van der Waals surface area (Å²) >= 11 is 0. The Morgan fingerprint density at radius 2 is 1.76 bits per heavy atom. The number of imidazole rings is 1. The molecular formula is C24H26F3N5O. The van der Waals surface area contributed by atoms with Crippen LogP contribution in [0.1, 0.15) is 35.8 Å². The van der Waals surface area contributed by atoms with Gasteiger partial charge in [0.1, 0.15) is 11.9 Å². The number of aryl methyl sites for hydroxylation is 1. The van der Waals surface area contributed by atoms with Crippen molar-refractivity contribution in [1.29, 1.82) is 0 Å². The largest absolute Gasteiger partial charge is 0.471 e. The van der Waals surface area contributed by atoms with Gasteiger partial charge in [-0.1, -0.05) is 12.1 Å². The van der Waals surface area contributed by atoms with Crippen molar-refractivity contribution in [2.75, 3.05) is 13.1 Å². The standard InChI is InChI=1S/C24H26F3N5O/c1-16-29-8-9-32(16)21-10-18-14-31(13-17-2-4-20(5-3-17)24(25,26)27)15-19(18)11-22(21)33-23-12-28-6-7-30-23/h2-9,12,18-19,21-22H,10-11,13-15H2,1H3/t18-,19+,21-,22-/m0/s1. The normalized spacial score (nSPS) is 25.7. The summed E-state index contributed by atoms with van der Waals surface area (Å²) in [7, 11) is 0. The average molecular weight is 458 g/mol. The maximum atomic E-state index is 12.9. The predicted octanol–water partition coefficient (Wildman–Crippen LogP) is 4.53. The Labute approximate surface area is 190 Å². The molecule has 1 aliphatic heterocycles. The van der Waals surface area contributed by atoms with E-state index < -0.39 is 11.7 Å². The van der Waals surface area contributed by atoms with Crippen LogP contribution in [0.5, 0.6) is 5.88 Å². The molecule has 0 unspecified atom stereocenters. The van der Waals surface area contributed by atoms with Crippen molar-refractivity contribution in [1.82, 2.24) is 24.4 Å². The Bertz CT molecular complexity index is 1070. The Hall–Kier alpha value is -2.94. The smallest absolute Gasteiger partial charge is 0.416 e. The van der Waals surface area contributed by atoms with E-state index in [1.807, 2.05) is 19.3 Å². The van der Waals surface area contributed by atoms with Crippen LogP contribution in [0.15, 0.2) is 55.2 Å². The summed E-state index contributed by atoms with van der Waals surface area (Å²) in [4.78, 5) is 15.2. The molecule has 0 bridgehead atoms. The number of hydrogen-bond donors (Lipinski definition) is 0. The van der Waals surface area contributed by atoms with Crippen LogP contribution in [-0.4, -0.2) is 43.6 Å². The van der Waals surface area contributed by atoms with Crippen LogP contribution < -0.4 is 4.74 Å². The van der Waals surface area contributed by atoms with Gasteiger partial charge in [0.2, 0.25) is 5.88 Å². The van der Waals surface area contributed by atoms with Crippen LogP contribution in [-0.2, 0) is 12.7 Å². The van der Waals surface area contributed by atoms with Gasteiger partial charge in [-0.3, -0.25) is 9.88 Å². The first kappa shape index (κ1) is 21.9. The van der Waals surface area contributed by atoms with Crippen molar-refractivity contribution in [3.05, 3.63) is 72.2 Å². The molecule has 1 aliphatic carbocycles. The summed E-state index contributed by atoms with van der Waals surface area (Å²) in [6.07, 6.45) is 6.17. The molecule has 4 atom stereocenters. The number of aromatic nitrogens is 4. The van der Waals surface area contributed by atoms with E-state index in [0.29, 0.717) is 24.3 Å². The monoisotopic (exact) mass is 457 g/mol. The van der Waals surface area contributed by atoms with Crippen LogP contribution in [0, 0.1) is 18.8 Å². The van der Waals surface area contributed by atoms with E-state index in [1.54, 1.807) is 30.7 Å². The van der Waals surface area contributed by atoms with Gasteiger partial charge >= 0.3 is 6.18 Å². The molecule has 0 amide bonds. The topological polar surface area (TPSA) is 56.1 Å². The lowest BCUT2D eigenvalue weighted by atomic mass is 9.77. The summed E-state index contributed by atoms with van der Waals surface area (Å²) < 4.78 is 47.1. The molecule has 3 heterocycles. The van der Waals surface area contributed by atoms with Crippen molar-refractivity contribution < 1.29 is 17.9 Å². The molecule has 0 N–H and O–H groups in total. The Morgan fingerprint density at radius 3 is 2.39 bits per heavy atom. The van der Waals surface area contributed by atoms with Crippen molar-refractivity contribution in [3.63, 3.8) is 0 Å². The van der Waals surface area contributed by atoms with Crippen LogP contribution >= 0.6 is 0 Å². The van der Waals surface area contributed by atoms with E-state index in [-0.39, 0.29) is 12.1 Å². The summed E-state index contributed by atoms with van der Waals surface area (Å²) in [5.41, 5.74) is 0.292. The molecule has 0 radical (unpaired) electrons. The van der Waals surface area contributed by atoms with Crippen LogP contribution in [0.2, 0.25) is 0 Å². The maximum Gasteiger partial charge on any atom is 0.416 e. The molecule has 2 aliphatic rings. The molecule has 1 saturated heterocycles. The number of halogens is 3. The van der Waals surface area contributed by atoms with Gasteiger partial charge in [0.25, 0.3) is 0 Å². The van der Waals surface area contributed by atoms with Gasteiger partial charge in [-0.25, -0.2) is 9.97 Å². The Morgan fingerprint density at radius 1 is 1.00 bits per heavy atom. The van der Waals surface area contributed by atoms with Crippen molar-refractivity contribution in [2.45, 2.75) is 44.6 Å². The molecular weight excluding hydrogens is 431 g/mol. The predicted molar refractivity (Wildman–Crippen MR) is 115 cm³/mol. The molecule has 0 spiro atoms. The van der Waals surface area contributed by atoms with E-state index >= 15 is 0 Å². The van der Waals surface area contributed by atoms with Gasteiger partial charge in [0, 0.05) is 44.4 Å². The summed E-state index contributed by atoms with van der Waals surface area (Å²) in [5.74, 6) is 2.42. The highest BCUT2D eigenvalue weighted by Gasteiger charge is 2.44. The lowest BCUT2D eigenvalue weighted by Gasteiger charge is -2.38. The third kappa shape index (κ3) is 4.73. The minimum absolute atomic E-state index is 0.0538. The number of ether oxygens (including phenoxy) is 1. The second-order valence-electron chi connectivity index (χ2n) is 9.03. The zero-order valence-electron chi connectivity index (χ0n) is 18.3. The van der Waals surface area contributed by atoms with E-state index in [0.717, 1.165) is 37.3 Å². The van der Waals surface area contributed by atoms with Gasteiger partial charge in [-0.05, 0) is 49.3 Å². The second kappa shape index (κ2) is 8.78. The highest BCUT2D eigenvalue weighted by Crippen LogP contribution is 2.43. The minimum Gasteiger partial charge on any atom is -0.471 e. The van der Waals surface area contributed by atoms with Crippen molar-refractivity contribution >= 4 is 0 Å². The van der Waals surface area contributed by atoms with Gasteiger partial charge in [0.15, 0.2) is 0 Å². The van der Waals surface area contributed by atoms with E-state index in [4.69, 9.17) is 4.74 Å². The third-order valence-corrected chi connectivity index (χ3v) is 6.88. The zero-order chi connectivity index (χ0) is 23.0. The first-order valence-corrected chi connectivity index (χ1v) is 11.2. The number of alkyl halides is 3. The van der Waals surface area contributed by atoms with Gasteiger partial charge in [0.05, 0.1) is 17.8 Å². The summed E-state index contributed by atoms with van der Waals surface area (Å²) in [6, 6.07) is 5.65. The fourth-order valence-electron chi connectivity index (χ4n) is 5.33. The second-order valence-corrected chi connectivity index (χ2v) is 9.03. The maximum absolute atomic E-state index is 12.9. The molecule has 1 aromatic carbocycles.